The number of hydrogen-bond donors (Lipinski definition) is 2. The molecule has 0 aliphatic rings. The lowest BCUT2D eigenvalue weighted by atomic mass is 10.2. The quantitative estimate of drug-likeness (QED) is 0.587. The summed E-state index contributed by atoms with van der Waals surface area (Å²) in [5.74, 6) is -1.66. The summed E-state index contributed by atoms with van der Waals surface area (Å²) in [6.07, 6.45) is 2.42. The second kappa shape index (κ2) is 6.64. The number of pyridine rings is 1. The zero-order chi connectivity index (χ0) is 17.0. The van der Waals surface area contributed by atoms with Gasteiger partial charge in [-0.25, -0.2) is 19.3 Å². The molecule has 0 aromatic carbocycles. The number of rotatable bonds is 6. The summed E-state index contributed by atoms with van der Waals surface area (Å²) >= 11 is 0. The molecule has 10 heteroatoms. The van der Waals surface area contributed by atoms with Crippen LogP contribution in [-0.2, 0) is 6.54 Å². The summed E-state index contributed by atoms with van der Waals surface area (Å²) in [4.78, 5) is 40.8. The van der Waals surface area contributed by atoms with Gasteiger partial charge in [0.1, 0.15) is 12.7 Å². The molecule has 1 amide bonds. The molecule has 2 heterocycles. The molecule has 0 saturated heterocycles. The van der Waals surface area contributed by atoms with E-state index in [4.69, 9.17) is 5.11 Å². The fourth-order valence-corrected chi connectivity index (χ4v) is 2.01. The summed E-state index contributed by atoms with van der Waals surface area (Å²) in [6.45, 7) is 1.82. The van der Waals surface area contributed by atoms with Gasteiger partial charge >= 0.3 is 11.8 Å². The third-order valence-corrected chi connectivity index (χ3v) is 3.10. The van der Waals surface area contributed by atoms with E-state index in [0.717, 1.165) is 6.20 Å². The lowest BCUT2D eigenvalue weighted by Crippen LogP contribution is -2.29. The van der Waals surface area contributed by atoms with Crippen LogP contribution < -0.4 is 5.32 Å². The predicted molar refractivity (Wildman–Crippen MR) is 77.1 cm³/mol. The minimum absolute atomic E-state index is 0.0724. The highest BCUT2D eigenvalue weighted by atomic mass is 16.6. The molecular formula is C13H13N5O5. The third kappa shape index (κ3) is 3.48. The molecule has 2 N–H and O–H groups in total. The van der Waals surface area contributed by atoms with Crippen LogP contribution in [0.5, 0.6) is 0 Å². The van der Waals surface area contributed by atoms with E-state index in [1.54, 1.807) is 6.92 Å². The zero-order valence-electron chi connectivity index (χ0n) is 12.1. The van der Waals surface area contributed by atoms with Gasteiger partial charge in [0, 0.05) is 13.1 Å². The first-order valence-corrected chi connectivity index (χ1v) is 6.55. The van der Waals surface area contributed by atoms with Crippen molar-refractivity contribution >= 4 is 17.7 Å². The van der Waals surface area contributed by atoms with E-state index < -0.39 is 16.8 Å². The molecule has 0 aliphatic heterocycles. The van der Waals surface area contributed by atoms with Gasteiger partial charge in [-0.05, 0) is 17.1 Å². The Bertz CT molecular complexity index is 770. The molecule has 0 aliphatic carbocycles. The maximum absolute atomic E-state index is 12.0. The average molecular weight is 319 g/mol. The molecule has 0 saturated carbocycles. The van der Waals surface area contributed by atoms with Crippen molar-refractivity contribution in [1.82, 2.24) is 19.9 Å². The number of nitro groups is 1. The summed E-state index contributed by atoms with van der Waals surface area (Å²) < 4.78 is 1.35. The Labute approximate surface area is 129 Å². The average Bonchev–Trinajstić information content (AvgIpc) is 2.88. The molecule has 2 aromatic rings. The van der Waals surface area contributed by atoms with Crippen LogP contribution in [0.15, 0.2) is 24.5 Å². The normalized spacial score (nSPS) is 10.3. The smallest absolute Gasteiger partial charge is 0.355 e. The number of carbonyl (C=O) groups is 2. The van der Waals surface area contributed by atoms with Crippen molar-refractivity contribution in [2.75, 3.05) is 6.54 Å². The lowest BCUT2D eigenvalue weighted by Gasteiger charge is -2.07. The van der Waals surface area contributed by atoms with E-state index in [1.165, 1.54) is 22.9 Å². The minimum Gasteiger partial charge on any atom is -0.476 e. The molecule has 120 valence electrons. The standard InChI is InChI=1S/C13H13N5O5/c1-8-16-7-10(18(22)23)17(8)6-5-15-12(19)9-3-2-4-14-11(9)13(20)21/h2-4,7H,5-6H2,1H3,(H,15,19)(H,20,21). The fraction of sp³-hybridized carbons (Fsp3) is 0.231. The van der Waals surface area contributed by atoms with Gasteiger partial charge in [-0.1, -0.05) is 0 Å². The number of carboxylic acid groups (broad SMARTS) is 1. The first kappa shape index (κ1) is 16.1. The lowest BCUT2D eigenvalue weighted by molar-refractivity contribution is -0.392. The number of amides is 1. The monoisotopic (exact) mass is 319 g/mol. The maximum Gasteiger partial charge on any atom is 0.355 e. The van der Waals surface area contributed by atoms with Crippen molar-refractivity contribution in [2.24, 2.45) is 0 Å². The van der Waals surface area contributed by atoms with Crippen molar-refractivity contribution in [3.05, 3.63) is 51.7 Å². The molecule has 10 nitrogen and oxygen atoms in total. The van der Waals surface area contributed by atoms with Gasteiger partial charge in [-0.15, -0.1) is 0 Å². The van der Waals surface area contributed by atoms with E-state index >= 15 is 0 Å². The molecule has 0 unspecified atom stereocenters. The topological polar surface area (TPSA) is 140 Å². The molecule has 2 aromatic heterocycles. The van der Waals surface area contributed by atoms with E-state index in [-0.39, 0.29) is 30.2 Å². The SMILES string of the molecule is Cc1ncc([N+](=O)[O-])n1CCNC(=O)c1cccnc1C(=O)O. The van der Waals surface area contributed by atoms with Crippen molar-refractivity contribution < 1.29 is 19.6 Å². The summed E-state index contributed by atoms with van der Waals surface area (Å²) in [5, 5.41) is 22.4. The fourth-order valence-electron chi connectivity index (χ4n) is 2.01. The van der Waals surface area contributed by atoms with Crippen LogP contribution >= 0.6 is 0 Å². The van der Waals surface area contributed by atoms with Crippen LogP contribution in [0.2, 0.25) is 0 Å². The van der Waals surface area contributed by atoms with E-state index in [2.05, 4.69) is 15.3 Å². The number of hydrogen-bond acceptors (Lipinski definition) is 6. The Morgan fingerprint density at radius 1 is 1.43 bits per heavy atom. The Hall–Kier alpha value is -3.30. The molecule has 23 heavy (non-hydrogen) atoms. The van der Waals surface area contributed by atoms with Gasteiger partial charge < -0.3 is 20.5 Å². The summed E-state index contributed by atoms with van der Waals surface area (Å²) in [6, 6.07) is 2.79. The highest BCUT2D eigenvalue weighted by Gasteiger charge is 2.19. The van der Waals surface area contributed by atoms with Gasteiger partial charge in [-0.2, -0.15) is 0 Å². The summed E-state index contributed by atoms with van der Waals surface area (Å²) in [7, 11) is 0. The van der Waals surface area contributed by atoms with Crippen molar-refractivity contribution in [3.8, 4) is 0 Å². The Morgan fingerprint density at radius 3 is 2.83 bits per heavy atom. The van der Waals surface area contributed by atoms with E-state index in [9.17, 15) is 19.7 Å². The van der Waals surface area contributed by atoms with Crippen LogP contribution in [0.1, 0.15) is 26.7 Å². The van der Waals surface area contributed by atoms with Crippen molar-refractivity contribution in [3.63, 3.8) is 0 Å². The number of aromatic nitrogens is 3. The highest BCUT2D eigenvalue weighted by Crippen LogP contribution is 2.12. The minimum atomic E-state index is -1.31. The number of carboxylic acids is 1. The number of imidazole rings is 1. The number of nitrogens with zero attached hydrogens (tertiary/aromatic N) is 4. The first-order chi connectivity index (χ1) is 10.9. The largest absolute Gasteiger partial charge is 0.476 e. The van der Waals surface area contributed by atoms with Gasteiger partial charge in [0.25, 0.3) is 5.91 Å². The second-order valence-corrected chi connectivity index (χ2v) is 4.53. The Kier molecular flexibility index (Phi) is 4.64. The van der Waals surface area contributed by atoms with E-state index in [0.29, 0.717) is 5.82 Å². The zero-order valence-corrected chi connectivity index (χ0v) is 12.1. The van der Waals surface area contributed by atoms with E-state index in [1.807, 2.05) is 0 Å². The maximum atomic E-state index is 12.0. The van der Waals surface area contributed by atoms with Crippen LogP contribution in [0, 0.1) is 17.0 Å². The Morgan fingerprint density at radius 2 is 2.17 bits per heavy atom. The molecule has 0 fully saturated rings. The number of nitrogens with one attached hydrogen (secondary N) is 1. The number of aromatic carboxylic acids is 1. The molecule has 0 bridgehead atoms. The second-order valence-electron chi connectivity index (χ2n) is 4.53. The first-order valence-electron chi connectivity index (χ1n) is 6.55. The predicted octanol–water partition coefficient (Wildman–Crippen LogP) is 0.623. The highest BCUT2D eigenvalue weighted by molar-refractivity contribution is 6.03. The van der Waals surface area contributed by atoms with Crippen LogP contribution in [0.4, 0.5) is 5.82 Å². The van der Waals surface area contributed by atoms with Gasteiger partial charge in [-0.3, -0.25) is 4.79 Å². The molecule has 0 radical (unpaired) electrons. The van der Waals surface area contributed by atoms with Crippen LogP contribution in [-0.4, -0.2) is 43.0 Å². The van der Waals surface area contributed by atoms with Crippen molar-refractivity contribution in [1.29, 1.82) is 0 Å². The number of aryl methyl sites for hydroxylation is 1. The Balaban J connectivity index is 2.05. The third-order valence-electron chi connectivity index (χ3n) is 3.10. The molecule has 0 atom stereocenters. The van der Waals surface area contributed by atoms with Crippen LogP contribution in [0.25, 0.3) is 0 Å². The van der Waals surface area contributed by atoms with Crippen molar-refractivity contribution in [2.45, 2.75) is 13.5 Å². The van der Waals surface area contributed by atoms with Gasteiger partial charge in [0.2, 0.25) is 0 Å². The van der Waals surface area contributed by atoms with Gasteiger partial charge in [0.15, 0.2) is 11.5 Å². The van der Waals surface area contributed by atoms with Gasteiger partial charge in [0.05, 0.1) is 12.1 Å². The number of carbonyl (C=O) groups excluding carboxylic acids is 1. The molecule has 0 spiro atoms. The molecule has 2 rings (SSSR count). The summed E-state index contributed by atoms with van der Waals surface area (Å²) in [5.41, 5.74) is -0.424. The molecular weight excluding hydrogens is 306 g/mol. The van der Waals surface area contributed by atoms with Crippen LogP contribution in [0.3, 0.4) is 0 Å².